The van der Waals surface area contributed by atoms with Crippen LogP contribution in [0.2, 0.25) is 0 Å². The lowest BCUT2D eigenvalue weighted by molar-refractivity contribution is 0.00578. The van der Waals surface area contributed by atoms with Gasteiger partial charge in [0.25, 0.3) is 0 Å². The predicted octanol–water partition coefficient (Wildman–Crippen LogP) is 4.01. The fourth-order valence-electron chi connectivity index (χ4n) is 5.42. The highest BCUT2D eigenvalue weighted by atomic mass is 16.7. The first-order valence-electron chi connectivity index (χ1n) is 11.9. The van der Waals surface area contributed by atoms with Gasteiger partial charge in [0.05, 0.1) is 11.2 Å². The molecule has 2 unspecified atom stereocenters. The van der Waals surface area contributed by atoms with Crippen molar-refractivity contribution < 1.29 is 14.1 Å². The molecule has 32 heavy (non-hydrogen) atoms. The number of Topliss-reactive ketones (excluding diaryl/α,β-unsaturated/α-hetero) is 1. The molecule has 168 valence electrons. The predicted molar refractivity (Wildman–Crippen MR) is 126 cm³/mol. The maximum atomic E-state index is 13.3. The standard InChI is InChI=1S/C26H33BN2O3/c1-25(2)26(3,4)32-27(31-25)20-10-13-23(28-16-20)24(30)19-14-21-11-12-22(15-19)29(21)17-18-8-6-5-7-9-18/h5-10,13,16,19,21-22H,11-12,14-15,17H2,1-4H3. The maximum Gasteiger partial charge on any atom is 0.496 e. The number of carbonyl (C=O) groups is 1. The van der Waals surface area contributed by atoms with E-state index in [9.17, 15) is 4.79 Å². The second kappa shape index (κ2) is 8.09. The summed E-state index contributed by atoms with van der Waals surface area (Å²) in [6.07, 6.45) is 5.99. The van der Waals surface area contributed by atoms with Crippen molar-refractivity contribution in [3.05, 3.63) is 59.9 Å². The fourth-order valence-corrected chi connectivity index (χ4v) is 5.42. The van der Waals surface area contributed by atoms with Gasteiger partial charge in [-0.3, -0.25) is 14.7 Å². The van der Waals surface area contributed by atoms with Gasteiger partial charge >= 0.3 is 7.12 Å². The number of piperidine rings is 1. The molecule has 1 aromatic heterocycles. The van der Waals surface area contributed by atoms with Crippen LogP contribution >= 0.6 is 0 Å². The third-order valence-corrected chi connectivity index (χ3v) is 8.03. The smallest absolute Gasteiger partial charge is 0.399 e. The summed E-state index contributed by atoms with van der Waals surface area (Å²) < 4.78 is 12.2. The van der Waals surface area contributed by atoms with Crippen LogP contribution in [0.3, 0.4) is 0 Å². The van der Waals surface area contributed by atoms with E-state index in [-0.39, 0.29) is 22.9 Å². The molecule has 0 N–H and O–H groups in total. The monoisotopic (exact) mass is 432 g/mol. The van der Waals surface area contributed by atoms with Crippen molar-refractivity contribution in [1.29, 1.82) is 0 Å². The largest absolute Gasteiger partial charge is 0.496 e. The quantitative estimate of drug-likeness (QED) is 0.528. The fraction of sp³-hybridized carbons (Fsp3) is 0.538. The van der Waals surface area contributed by atoms with E-state index in [0.717, 1.165) is 24.8 Å². The molecular weight excluding hydrogens is 399 g/mol. The Balaban J connectivity index is 1.24. The minimum atomic E-state index is -0.450. The summed E-state index contributed by atoms with van der Waals surface area (Å²) in [6, 6.07) is 15.4. The third-order valence-electron chi connectivity index (χ3n) is 8.03. The lowest BCUT2D eigenvalue weighted by Crippen LogP contribution is -2.44. The number of hydrogen-bond donors (Lipinski definition) is 0. The van der Waals surface area contributed by atoms with Crippen molar-refractivity contribution in [2.24, 2.45) is 5.92 Å². The van der Waals surface area contributed by atoms with Crippen LogP contribution in [0.5, 0.6) is 0 Å². The zero-order valence-electron chi connectivity index (χ0n) is 19.6. The van der Waals surface area contributed by atoms with Gasteiger partial charge in [-0.1, -0.05) is 36.4 Å². The Bertz CT molecular complexity index is 946. The van der Waals surface area contributed by atoms with Crippen LogP contribution in [0.25, 0.3) is 0 Å². The van der Waals surface area contributed by atoms with Crippen LogP contribution < -0.4 is 5.46 Å². The van der Waals surface area contributed by atoms with Crippen LogP contribution in [0.15, 0.2) is 48.7 Å². The molecule has 0 amide bonds. The summed E-state index contributed by atoms with van der Waals surface area (Å²) in [5, 5.41) is 0. The molecule has 5 nitrogen and oxygen atoms in total. The van der Waals surface area contributed by atoms with E-state index < -0.39 is 7.12 Å². The number of carbonyl (C=O) groups excluding carboxylic acids is 1. The van der Waals surface area contributed by atoms with E-state index in [4.69, 9.17) is 9.31 Å². The highest BCUT2D eigenvalue weighted by molar-refractivity contribution is 6.62. The van der Waals surface area contributed by atoms with Gasteiger partial charge in [0, 0.05) is 36.2 Å². The number of benzene rings is 1. The Labute approximate surface area is 191 Å². The zero-order valence-corrected chi connectivity index (χ0v) is 19.6. The van der Waals surface area contributed by atoms with Crippen molar-refractivity contribution in [1.82, 2.24) is 9.88 Å². The first kappa shape index (κ1) is 21.8. The van der Waals surface area contributed by atoms with Gasteiger partial charge in [0.1, 0.15) is 5.69 Å². The van der Waals surface area contributed by atoms with E-state index in [1.807, 2.05) is 39.8 Å². The van der Waals surface area contributed by atoms with Gasteiger partial charge in [-0.25, -0.2) is 0 Å². The number of fused-ring (bicyclic) bond motifs is 2. The van der Waals surface area contributed by atoms with Crippen LogP contribution in [-0.4, -0.2) is 46.1 Å². The van der Waals surface area contributed by atoms with Gasteiger partial charge in [-0.2, -0.15) is 0 Å². The van der Waals surface area contributed by atoms with Crippen molar-refractivity contribution in [3.8, 4) is 0 Å². The minimum absolute atomic E-state index is 0.0646. The Morgan fingerprint density at radius 3 is 2.19 bits per heavy atom. The van der Waals surface area contributed by atoms with Gasteiger partial charge in [-0.15, -0.1) is 0 Å². The Morgan fingerprint density at radius 1 is 1.00 bits per heavy atom. The highest BCUT2D eigenvalue weighted by Gasteiger charge is 2.52. The SMILES string of the molecule is CC1(C)OB(c2ccc(C(=O)C3CC4CCC(C3)N4Cc3ccccc3)nc2)OC1(C)C. The summed E-state index contributed by atoms with van der Waals surface area (Å²) in [4.78, 5) is 20.4. The topological polar surface area (TPSA) is 51.7 Å². The lowest BCUT2D eigenvalue weighted by Gasteiger charge is -2.38. The summed E-state index contributed by atoms with van der Waals surface area (Å²) in [6.45, 7) is 9.14. The molecule has 2 aromatic rings. The molecule has 6 heteroatoms. The molecule has 3 saturated heterocycles. The summed E-state index contributed by atoms with van der Waals surface area (Å²) in [5.41, 5.74) is 2.00. The van der Waals surface area contributed by atoms with E-state index >= 15 is 0 Å². The number of hydrogen-bond acceptors (Lipinski definition) is 5. The molecule has 2 bridgehead atoms. The summed E-state index contributed by atoms with van der Waals surface area (Å²) >= 11 is 0. The first-order chi connectivity index (χ1) is 15.2. The van der Waals surface area contributed by atoms with Crippen molar-refractivity contribution in [2.45, 2.75) is 83.2 Å². The van der Waals surface area contributed by atoms with Crippen LogP contribution in [0, 0.1) is 5.92 Å². The molecule has 1 aromatic carbocycles. The average Bonchev–Trinajstić information content (AvgIpc) is 3.12. The molecular formula is C26H33BN2O3. The van der Waals surface area contributed by atoms with Crippen LogP contribution in [-0.2, 0) is 15.9 Å². The average molecular weight is 432 g/mol. The van der Waals surface area contributed by atoms with Gasteiger partial charge in [0.15, 0.2) is 5.78 Å². The molecule has 3 aliphatic rings. The Morgan fingerprint density at radius 2 is 1.62 bits per heavy atom. The van der Waals surface area contributed by atoms with E-state index in [2.05, 4.69) is 40.2 Å². The van der Waals surface area contributed by atoms with Gasteiger partial charge in [0.2, 0.25) is 0 Å². The van der Waals surface area contributed by atoms with E-state index in [0.29, 0.717) is 17.8 Å². The van der Waals surface area contributed by atoms with Crippen molar-refractivity contribution in [2.75, 3.05) is 0 Å². The lowest BCUT2D eigenvalue weighted by atomic mass is 9.80. The van der Waals surface area contributed by atoms with E-state index in [1.54, 1.807) is 6.20 Å². The number of ketones is 1. The molecule has 2 atom stereocenters. The molecule has 3 aliphatic heterocycles. The van der Waals surface area contributed by atoms with Crippen molar-refractivity contribution in [3.63, 3.8) is 0 Å². The minimum Gasteiger partial charge on any atom is -0.399 e. The second-order valence-electron chi connectivity index (χ2n) is 10.6. The van der Waals surface area contributed by atoms with Crippen LogP contribution in [0.1, 0.15) is 69.4 Å². The number of aromatic nitrogens is 1. The molecule has 4 heterocycles. The summed E-state index contributed by atoms with van der Waals surface area (Å²) in [7, 11) is -0.450. The van der Waals surface area contributed by atoms with E-state index in [1.165, 1.54) is 18.4 Å². The zero-order chi connectivity index (χ0) is 22.5. The Kier molecular flexibility index (Phi) is 5.51. The second-order valence-corrected chi connectivity index (χ2v) is 10.6. The number of nitrogens with zero attached hydrogens (tertiary/aromatic N) is 2. The van der Waals surface area contributed by atoms with Crippen molar-refractivity contribution >= 4 is 18.4 Å². The molecule has 0 spiro atoms. The molecule has 0 saturated carbocycles. The third kappa shape index (κ3) is 3.93. The summed E-state index contributed by atoms with van der Waals surface area (Å²) in [5.74, 6) is 0.247. The number of rotatable bonds is 5. The molecule has 0 aliphatic carbocycles. The normalized spacial score (nSPS) is 28.8. The molecule has 5 rings (SSSR count). The van der Waals surface area contributed by atoms with Crippen LogP contribution in [0.4, 0.5) is 0 Å². The number of pyridine rings is 1. The Hall–Kier alpha value is -2.02. The maximum absolute atomic E-state index is 13.3. The molecule has 0 radical (unpaired) electrons. The molecule has 3 fully saturated rings. The van der Waals surface area contributed by atoms with Gasteiger partial charge < -0.3 is 9.31 Å². The highest BCUT2D eigenvalue weighted by Crippen LogP contribution is 2.40. The first-order valence-corrected chi connectivity index (χ1v) is 11.9. The van der Waals surface area contributed by atoms with Gasteiger partial charge in [-0.05, 0) is 65.0 Å².